The summed E-state index contributed by atoms with van der Waals surface area (Å²) in [4.78, 5) is 30.2. The predicted octanol–water partition coefficient (Wildman–Crippen LogP) is 4.42. The lowest BCUT2D eigenvalue weighted by atomic mass is 10.1. The van der Waals surface area contributed by atoms with E-state index in [4.69, 9.17) is 4.74 Å². The Balaban J connectivity index is 2.18. The molecule has 0 saturated carbocycles. The first-order valence-electron chi connectivity index (χ1n) is 9.34. The molecule has 0 aliphatic carbocycles. The first-order chi connectivity index (χ1) is 13.6. The summed E-state index contributed by atoms with van der Waals surface area (Å²) in [5.41, 5.74) is 0.618. The maximum atomic E-state index is 13.9. The Bertz CT molecular complexity index is 1130. The highest BCUT2D eigenvalue weighted by atomic mass is 19.1. The number of benzene rings is 2. The molecule has 6 nitrogen and oxygen atoms in total. The lowest BCUT2D eigenvalue weighted by molar-refractivity contribution is 0.0505. The van der Waals surface area contributed by atoms with Crippen molar-refractivity contribution >= 4 is 17.0 Å². The van der Waals surface area contributed by atoms with Gasteiger partial charge >= 0.3 is 6.09 Å². The second kappa shape index (κ2) is 7.66. The van der Waals surface area contributed by atoms with Gasteiger partial charge in [-0.05, 0) is 64.4 Å². The fourth-order valence-corrected chi connectivity index (χ4v) is 3.12. The van der Waals surface area contributed by atoms with Gasteiger partial charge in [-0.15, -0.1) is 0 Å². The molecule has 0 aliphatic heterocycles. The largest absolute Gasteiger partial charge is 0.444 e. The smallest absolute Gasteiger partial charge is 0.408 e. The number of ether oxygens (including phenoxy) is 1. The summed E-state index contributed by atoms with van der Waals surface area (Å²) in [6.07, 6.45) is -0.630. The van der Waals surface area contributed by atoms with Crippen molar-refractivity contribution in [3.05, 3.63) is 70.0 Å². The third kappa shape index (κ3) is 4.45. The Morgan fingerprint density at radius 1 is 1.21 bits per heavy atom. The monoisotopic (exact) mass is 397 g/mol. The molecule has 3 aromatic rings. The molecular formula is C22H24FN3O3. The van der Waals surface area contributed by atoms with Crippen LogP contribution in [0.1, 0.15) is 45.1 Å². The Morgan fingerprint density at radius 2 is 1.90 bits per heavy atom. The number of nitrogens with one attached hydrogen (secondary N) is 1. The van der Waals surface area contributed by atoms with E-state index in [0.29, 0.717) is 16.6 Å². The molecule has 1 atom stereocenters. The molecule has 0 aliphatic rings. The number of fused-ring (bicyclic) bond motifs is 1. The van der Waals surface area contributed by atoms with Gasteiger partial charge in [-0.1, -0.05) is 18.2 Å². The summed E-state index contributed by atoms with van der Waals surface area (Å²) in [5, 5.41) is 3.16. The average Bonchev–Trinajstić information content (AvgIpc) is 2.59. The number of amides is 1. The van der Waals surface area contributed by atoms with Crippen molar-refractivity contribution in [2.45, 2.75) is 46.3 Å². The van der Waals surface area contributed by atoms with Crippen LogP contribution in [-0.4, -0.2) is 21.2 Å². The van der Waals surface area contributed by atoms with Crippen molar-refractivity contribution in [2.75, 3.05) is 0 Å². The van der Waals surface area contributed by atoms with Gasteiger partial charge in [0, 0.05) is 0 Å². The van der Waals surface area contributed by atoms with Crippen molar-refractivity contribution in [3.8, 4) is 5.69 Å². The Hall–Kier alpha value is -3.22. The van der Waals surface area contributed by atoms with E-state index in [1.807, 2.05) is 19.1 Å². The number of alkyl carbamates (subject to hydrolysis) is 1. The molecule has 7 heteroatoms. The SMILES string of the molecule is Cc1cccc2nc([C@H](C)NC(=O)OC(C)(C)C)n(-c3cccc(F)c3)c(=O)c12. The normalized spacial score (nSPS) is 12.6. The van der Waals surface area contributed by atoms with Gasteiger partial charge in [0.15, 0.2) is 0 Å². The molecule has 152 valence electrons. The highest BCUT2D eigenvalue weighted by molar-refractivity contribution is 5.81. The summed E-state index contributed by atoms with van der Waals surface area (Å²) in [7, 11) is 0. The quantitative estimate of drug-likeness (QED) is 0.710. The fourth-order valence-electron chi connectivity index (χ4n) is 3.12. The number of halogens is 1. The lowest BCUT2D eigenvalue weighted by Crippen LogP contribution is -2.37. The average molecular weight is 397 g/mol. The standard InChI is InChI=1S/C22H24FN3O3/c1-13-8-6-11-17-18(13)20(27)26(16-10-7-9-15(23)12-16)19(25-17)14(2)24-21(28)29-22(3,4)5/h6-12,14H,1-5H3,(H,24,28)/t14-/m0/s1. The zero-order valence-corrected chi connectivity index (χ0v) is 17.1. The molecule has 0 saturated heterocycles. The number of aromatic nitrogens is 2. The van der Waals surface area contributed by atoms with Crippen LogP contribution in [0.3, 0.4) is 0 Å². The molecule has 2 aromatic carbocycles. The van der Waals surface area contributed by atoms with Gasteiger partial charge < -0.3 is 10.1 Å². The predicted molar refractivity (Wildman–Crippen MR) is 110 cm³/mol. The maximum absolute atomic E-state index is 13.9. The molecule has 1 N–H and O–H groups in total. The van der Waals surface area contributed by atoms with Crippen LogP contribution in [0.4, 0.5) is 9.18 Å². The number of hydrogen-bond donors (Lipinski definition) is 1. The van der Waals surface area contributed by atoms with E-state index in [9.17, 15) is 14.0 Å². The van der Waals surface area contributed by atoms with E-state index < -0.39 is 23.6 Å². The minimum Gasteiger partial charge on any atom is -0.444 e. The Kier molecular flexibility index (Phi) is 5.42. The number of nitrogens with zero attached hydrogens (tertiary/aromatic N) is 2. The molecule has 0 bridgehead atoms. The van der Waals surface area contributed by atoms with Gasteiger partial charge in [0.25, 0.3) is 5.56 Å². The summed E-state index contributed by atoms with van der Waals surface area (Å²) >= 11 is 0. The zero-order chi connectivity index (χ0) is 21.3. The van der Waals surface area contributed by atoms with Crippen LogP contribution in [0.25, 0.3) is 16.6 Å². The van der Waals surface area contributed by atoms with E-state index in [0.717, 1.165) is 5.56 Å². The first-order valence-corrected chi connectivity index (χ1v) is 9.34. The molecule has 29 heavy (non-hydrogen) atoms. The van der Waals surface area contributed by atoms with Crippen LogP contribution in [0.2, 0.25) is 0 Å². The number of hydrogen-bond acceptors (Lipinski definition) is 4. The Labute approximate surface area is 168 Å². The molecule has 1 aromatic heterocycles. The van der Waals surface area contributed by atoms with E-state index >= 15 is 0 Å². The fraction of sp³-hybridized carbons (Fsp3) is 0.318. The van der Waals surface area contributed by atoms with Crippen LogP contribution in [0.5, 0.6) is 0 Å². The molecule has 1 amide bonds. The van der Waals surface area contributed by atoms with Gasteiger partial charge in [-0.25, -0.2) is 14.2 Å². The minimum absolute atomic E-state index is 0.282. The second-order valence-electron chi connectivity index (χ2n) is 7.93. The molecule has 0 spiro atoms. The topological polar surface area (TPSA) is 73.2 Å². The molecule has 1 heterocycles. The van der Waals surface area contributed by atoms with Crippen molar-refractivity contribution in [1.82, 2.24) is 14.9 Å². The molecule has 3 rings (SSSR count). The highest BCUT2D eigenvalue weighted by Gasteiger charge is 2.23. The van der Waals surface area contributed by atoms with Crippen molar-refractivity contribution in [1.29, 1.82) is 0 Å². The van der Waals surface area contributed by atoms with E-state index in [1.54, 1.807) is 39.8 Å². The third-order valence-electron chi connectivity index (χ3n) is 4.32. The van der Waals surface area contributed by atoms with Crippen LogP contribution in [0, 0.1) is 12.7 Å². The van der Waals surface area contributed by atoms with Gasteiger partial charge in [-0.3, -0.25) is 9.36 Å². The van der Waals surface area contributed by atoms with E-state index in [1.165, 1.54) is 22.8 Å². The van der Waals surface area contributed by atoms with Crippen LogP contribution in [0.15, 0.2) is 47.3 Å². The maximum Gasteiger partial charge on any atom is 0.408 e. The molecular weight excluding hydrogens is 373 g/mol. The first kappa shape index (κ1) is 20.5. The zero-order valence-electron chi connectivity index (χ0n) is 17.1. The van der Waals surface area contributed by atoms with E-state index in [2.05, 4.69) is 10.3 Å². The van der Waals surface area contributed by atoms with Crippen molar-refractivity contribution in [3.63, 3.8) is 0 Å². The minimum atomic E-state index is -0.667. The molecule has 0 unspecified atom stereocenters. The molecule has 0 fully saturated rings. The van der Waals surface area contributed by atoms with Crippen molar-refractivity contribution in [2.24, 2.45) is 0 Å². The number of carbonyl (C=O) groups is 1. The number of rotatable bonds is 3. The highest BCUT2D eigenvalue weighted by Crippen LogP contribution is 2.21. The van der Waals surface area contributed by atoms with E-state index in [-0.39, 0.29) is 11.4 Å². The van der Waals surface area contributed by atoms with Crippen LogP contribution >= 0.6 is 0 Å². The second-order valence-corrected chi connectivity index (χ2v) is 7.93. The summed E-state index contributed by atoms with van der Waals surface area (Å²) < 4.78 is 20.5. The van der Waals surface area contributed by atoms with Crippen LogP contribution < -0.4 is 10.9 Å². The van der Waals surface area contributed by atoms with Gasteiger partial charge in [0.1, 0.15) is 17.2 Å². The summed E-state index contributed by atoms with van der Waals surface area (Å²) in [5.74, 6) is -0.192. The molecule has 0 radical (unpaired) electrons. The van der Waals surface area contributed by atoms with Gasteiger partial charge in [0.05, 0.1) is 22.6 Å². The van der Waals surface area contributed by atoms with Gasteiger partial charge in [0.2, 0.25) is 0 Å². The van der Waals surface area contributed by atoms with Gasteiger partial charge in [-0.2, -0.15) is 0 Å². The lowest BCUT2D eigenvalue weighted by Gasteiger charge is -2.23. The number of aryl methyl sites for hydroxylation is 1. The van der Waals surface area contributed by atoms with Crippen LogP contribution in [-0.2, 0) is 4.74 Å². The summed E-state index contributed by atoms with van der Waals surface area (Å²) in [6, 6.07) is 10.4. The van der Waals surface area contributed by atoms with Crippen molar-refractivity contribution < 1.29 is 13.9 Å². The Morgan fingerprint density at radius 3 is 2.55 bits per heavy atom. The summed E-state index contributed by atoms with van der Waals surface area (Å²) in [6.45, 7) is 8.80. The number of carbonyl (C=O) groups excluding carboxylic acids is 1. The third-order valence-corrected chi connectivity index (χ3v) is 4.32.